The number of nitrogens with one attached hydrogen (secondary N) is 2. The first-order chi connectivity index (χ1) is 15.2. The molecule has 2 aromatic carbocycles. The Morgan fingerprint density at radius 1 is 1.06 bits per heavy atom. The Labute approximate surface area is 191 Å². The average Bonchev–Trinajstić information content (AvgIpc) is 2.70. The molecule has 1 heterocycles. The van der Waals surface area contributed by atoms with Crippen LogP contribution in [0.4, 0.5) is 16.2 Å². The lowest BCUT2D eigenvalue weighted by Crippen LogP contribution is -2.48. The first-order valence-electron chi connectivity index (χ1n) is 9.25. The fraction of sp³-hybridized carbons (Fsp3) is 0.278. The summed E-state index contributed by atoms with van der Waals surface area (Å²) in [4.78, 5) is 10.5. The summed E-state index contributed by atoms with van der Waals surface area (Å²) in [6.45, 7) is -0.555. The number of nitrogens with zero attached hydrogens (tertiary/aromatic N) is 1. The summed E-state index contributed by atoms with van der Waals surface area (Å²) < 4.78 is 82.7. The number of rotatable bonds is 7. The molecule has 15 heteroatoms. The standard InChI is InChI=1S/C18H21N3O9S3/c1-31(24,25)14-4-3-5-15(9-14)33(28,29)21-11-13(10-19-32(2,26)27)30-17-7-6-12(8-16(17)21)20-18(22)23/h3-9,13,19-20H,10-11H2,1-2H3,(H,22,23). The quantitative estimate of drug-likeness (QED) is 0.475. The predicted octanol–water partition coefficient (Wildman–Crippen LogP) is 0.686. The fourth-order valence-electron chi connectivity index (χ4n) is 3.08. The van der Waals surface area contributed by atoms with Crippen molar-refractivity contribution in [2.75, 3.05) is 35.2 Å². The minimum Gasteiger partial charge on any atom is -0.485 e. The van der Waals surface area contributed by atoms with E-state index in [4.69, 9.17) is 9.84 Å². The Balaban J connectivity index is 2.10. The summed E-state index contributed by atoms with van der Waals surface area (Å²) in [5.74, 6) is 0.0698. The van der Waals surface area contributed by atoms with Gasteiger partial charge in [0.1, 0.15) is 11.9 Å². The van der Waals surface area contributed by atoms with E-state index in [9.17, 15) is 30.0 Å². The maximum Gasteiger partial charge on any atom is 0.409 e. The summed E-state index contributed by atoms with van der Waals surface area (Å²) in [5, 5.41) is 11.1. The normalized spacial score (nSPS) is 16.5. The number of hydrogen-bond acceptors (Lipinski definition) is 8. The van der Waals surface area contributed by atoms with E-state index >= 15 is 0 Å². The molecule has 33 heavy (non-hydrogen) atoms. The number of carboxylic acid groups (broad SMARTS) is 1. The molecule has 1 aliphatic heterocycles. The van der Waals surface area contributed by atoms with E-state index < -0.39 is 42.1 Å². The maximum atomic E-state index is 13.5. The Morgan fingerprint density at radius 3 is 2.33 bits per heavy atom. The van der Waals surface area contributed by atoms with Crippen LogP contribution in [0.3, 0.4) is 0 Å². The summed E-state index contributed by atoms with van der Waals surface area (Å²) in [5.41, 5.74) is 0.0734. The molecule has 1 unspecified atom stereocenters. The van der Waals surface area contributed by atoms with E-state index in [0.717, 1.165) is 22.9 Å². The van der Waals surface area contributed by atoms with Crippen molar-refractivity contribution in [3.63, 3.8) is 0 Å². The van der Waals surface area contributed by atoms with Gasteiger partial charge < -0.3 is 9.84 Å². The van der Waals surface area contributed by atoms with Crippen LogP contribution in [0.15, 0.2) is 52.3 Å². The van der Waals surface area contributed by atoms with Crippen molar-refractivity contribution in [1.29, 1.82) is 0 Å². The minimum atomic E-state index is -4.35. The van der Waals surface area contributed by atoms with Crippen LogP contribution in [0.25, 0.3) is 0 Å². The van der Waals surface area contributed by atoms with Crippen LogP contribution in [-0.2, 0) is 29.9 Å². The van der Waals surface area contributed by atoms with Gasteiger partial charge in [-0.05, 0) is 36.4 Å². The second kappa shape index (κ2) is 8.81. The number of amides is 1. The van der Waals surface area contributed by atoms with E-state index in [1.807, 2.05) is 0 Å². The molecule has 180 valence electrons. The van der Waals surface area contributed by atoms with Crippen LogP contribution in [0.2, 0.25) is 0 Å². The highest BCUT2D eigenvalue weighted by atomic mass is 32.2. The van der Waals surface area contributed by atoms with Gasteiger partial charge in [0.05, 0.1) is 28.3 Å². The average molecular weight is 520 g/mol. The lowest BCUT2D eigenvalue weighted by molar-refractivity contribution is 0.203. The Morgan fingerprint density at radius 2 is 1.73 bits per heavy atom. The van der Waals surface area contributed by atoms with Crippen molar-refractivity contribution in [3.05, 3.63) is 42.5 Å². The van der Waals surface area contributed by atoms with E-state index in [0.29, 0.717) is 0 Å². The zero-order valence-corrected chi connectivity index (χ0v) is 19.9. The minimum absolute atomic E-state index is 0.00149. The van der Waals surface area contributed by atoms with Gasteiger partial charge in [-0.2, -0.15) is 0 Å². The van der Waals surface area contributed by atoms with Crippen LogP contribution in [0.1, 0.15) is 0 Å². The van der Waals surface area contributed by atoms with Gasteiger partial charge in [0.15, 0.2) is 9.84 Å². The number of carbonyl (C=O) groups is 1. The van der Waals surface area contributed by atoms with Crippen LogP contribution >= 0.6 is 0 Å². The molecule has 1 amide bonds. The molecule has 0 bridgehead atoms. The third kappa shape index (κ3) is 5.93. The van der Waals surface area contributed by atoms with E-state index in [2.05, 4.69) is 10.0 Å². The van der Waals surface area contributed by atoms with Crippen LogP contribution in [0.5, 0.6) is 5.75 Å². The van der Waals surface area contributed by atoms with Crippen LogP contribution < -0.4 is 19.1 Å². The number of ether oxygens (including phenoxy) is 1. The van der Waals surface area contributed by atoms with Crippen molar-refractivity contribution in [1.82, 2.24) is 4.72 Å². The molecule has 0 radical (unpaired) electrons. The van der Waals surface area contributed by atoms with Crippen LogP contribution in [0, 0.1) is 0 Å². The Hall–Kier alpha value is -2.88. The molecule has 0 saturated heterocycles. The van der Waals surface area contributed by atoms with Gasteiger partial charge in [-0.1, -0.05) is 6.07 Å². The number of anilines is 2. The highest BCUT2D eigenvalue weighted by Gasteiger charge is 2.35. The molecule has 0 aliphatic carbocycles. The zero-order valence-electron chi connectivity index (χ0n) is 17.4. The van der Waals surface area contributed by atoms with E-state index in [1.54, 1.807) is 0 Å². The Bertz CT molecular complexity index is 1400. The lowest BCUT2D eigenvalue weighted by Gasteiger charge is -2.35. The molecule has 2 aromatic rings. The lowest BCUT2D eigenvalue weighted by atomic mass is 10.2. The summed E-state index contributed by atoms with van der Waals surface area (Å²) >= 11 is 0. The van der Waals surface area contributed by atoms with Gasteiger partial charge in [-0.25, -0.2) is 34.8 Å². The fourth-order valence-corrected chi connectivity index (χ4v) is 5.86. The van der Waals surface area contributed by atoms with Gasteiger partial charge in [0, 0.05) is 18.5 Å². The summed E-state index contributed by atoms with van der Waals surface area (Å²) in [6, 6.07) is 8.74. The van der Waals surface area contributed by atoms with E-state index in [1.165, 1.54) is 36.4 Å². The van der Waals surface area contributed by atoms with Crippen LogP contribution in [-0.4, -0.2) is 68.2 Å². The van der Waals surface area contributed by atoms with Gasteiger partial charge in [0.25, 0.3) is 10.0 Å². The van der Waals surface area contributed by atoms with Crippen molar-refractivity contribution < 1.29 is 39.9 Å². The van der Waals surface area contributed by atoms with Gasteiger partial charge >= 0.3 is 6.09 Å². The maximum absolute atomic E-state index is 13.5. The number of benzene rings is 2. The molecule has 0 saturated carbocycles. The van der Waals surface area contributed by atoms with Gasteiger partial charge in [0.2, 0.25) is 10.0 Å². The first kappa shape index (κ1) is 24.8. The molecule has 12 nitrogen and oxygen atoms in total. The number of hydrogen-bond donors (Lipinski definition) is 3. The molecule has 1 atom stereocenters. The number of sulfonamides is 2. The SMILES string of the molecule is CS(=O)(=O)NCC1CN(S(=O)(=O)c2cccc(S(C)(=O)=O)c2)c2cc(NC(=O)O)ccc2O1. The topological polar surface area (TPSA) is 176 Å². The second-order valence-electron chi connectivity index (χ2n) is 7.26. The second-order valence-corrected chi connectivity index (χ2v) is 13.0. The third-order valence-corrected chi connectivity index (χ3v) is 8.11. The zero-order chi connectivity index (χ0) is 24.6. The predicted molar refractivity (Wildman–Crippen MR) is 119 cm³/mol. The van der Waals surface area contributed by atoms with Crippen molar-refractivity contribution in [2.24, 2.45) is 0 Å². The number of fused-ring (bicyclic) bond motifs is 1. The molecule has 1 aliphatic rings. The highest BCUT2D eigenvalue weighted by molar-refractivity contribution is 7.93. The monoisotopic (exact) mass is 519 g/mol. The van der Waals surface area contributed by atoms with Crippen molar-refractivity contribution >= 4 is 47.4 Å². The van der Waals surface area contributed by atoms with Crippen molar-refractivity contribution in [3.8, 4) is 5.75 Å². The molecule has 0 spiro atoms. The first-order valence-corrected chi connectivity index (χ1v) is 14.5. The highest BCUT2D eigenvalue weighted by Crippen LogP contribution is 2.39. The molecule has 3 rings (SSSR count). The summed E-state index contributed by atoms with van der Waals surface area (Å²) in [6.07, 6.45) is -0.395. The summed E-state index contributed by atoms with van der Waals surface area (Å²) in [7, 11) is -11.6. The molecule has 3 N–H and O–H groups in total. The van der Waals surface area contributed by atoms with E-state index in [-0.39, 0.29) is 40.0 Å². The van der Waals surface area contributed by atoms with Gasteiger partial charge in [-0.15, -0.1) is 0 Å². The molecular weight excluding hydrogens is 498 g/mol. The smallest absolute Gasteiger partial charge is 0.409 e. The number of sulfone groups is 1. The molecule has 0 aromatic heterocycles. The molecular formula is C18H21N3O9S3. The van der Waals surface area contributed by atoms with Gasteiger partial charge in [-0.3, -0.25) is 9.62 Å². The molecule has 0 fully saturated rings. The third-order valence-electron chi connectivity index (χ3n) is 4.54. The Kier molecular flexibility index (Phi) is 6.61. The van der Waals surface area contributed by atoms with Crippen molar-refractivity contribution in [2.45, 2.75) is 15.9 Å². The largest absolute Gasteiger partial charge is 0.485 e.